The summed E-state index contributed by atoms with van der Waals surface area (Å²) in [6, 6.07) is 15.2. The molecular weight excluding hydrogens is 330 g/mol. The molecule has 3 nitrogen and oxygen atoms in total. The van der Waals surface area contributed by atoms with Crippen LogP contribution in [0, 0.1) is 6.92 Å². The molecule has 0 aliphatic carbocycles. The lowest BCUT2D eigenvalue weighted by atomic mass is 10.2. The summed E-state index contributed by atoms with van der Waals surface area (Å²) in [4.78, 5) is 11.8. The van der Waals surface area contributed by atoms with Crippen LogP contribution in [0.15, 0.2) is 48.5 Å². The summed E-state index contributed by atoms with van der Waals surface area (Å²) in [5, 5.41) is 3.37. The smallest absolute Gasteiger partial charge is 0.225 e. The lowest BCUT2D eigenvalue weighted by Gasteiger charge is -2.09. The number of amides is 1. The number of benzene rings is 2. The van der Waals surface area contributed by atoms with Gasteiger partial charge in [0.1, 0.15) is 5.75 Å². The Bertz CT molecular complexity index is 648. The Morgan fingerprint density at radius 2 is 1.87 bits per heavy atom. The number of hydrogen-bond donors (Lipinski definition) is 1. The third kappa shape index (κ3) is 6.16. The van der Waals surface area contributed by atoms with E-state index in [1.165, 1.54) is 0 Å². The molecule has 2 aromatic carbocycles. The Morgan fingerprint density at radius 1 is 1.13 bits per heavy atom. The van der Waals surface area contributed by atoms with Crippen molar-refractivity contribution in [1.29, 1.82) is 0 Å². The topological polar surface area (TPSA) is 38.3 Å². The summed E-state index contributed by atoms with van der Waals surface area (Å²) in [6.45, 7) is 2.67. The van der Waals surface area contributed by atoms with Crippen LogP contribution in [0.3, 0.4) is 0 Å². The lowest BCUT2D eigenvalue weighted by Crippen LogP contribution is -2.13. The van der Waals surface area contributed by atoms with E-state index in [0.29, 0.717) is 23.7 Å². The minimum Gasteiger partial charge on any atom is -0.492 e. The monoisotopic (exact) mass is 349 g/mol. The summed E-state index contributed by atoms with van der Waals surface area (Å²) in [5.74, 6) is 2.51. The van der Waals surface area contributed by atoms with Crippen LogP contribution in [0.25, 0.3) is 0 Å². The van der Waals surface area contributed by atoms with Crippen molar-refractivity contribution in [2.75, 3.05) is 23.4 Å². The second kappa shape index (κ2) is 9.48. The van der Waals surface area contributed by atoms with Gasteiger partial charge < -0.3 is 10.1 Å². The Hall–Kier alpha value is -1.65. The molecule has 0 atom stereocenters. The fraction of sp³-hybridized carbons (Fsp3) is 0.278. The zero-order chi connectivity index (χ0) is 16.5. The van der Waals surface area contributed by atoms with Gasteiger partial charge in [0, 0.05) is 17.9 Å². The van der Waals surface area contributed by atoms with Gasteiger partial charge in [-0.3, -0.25) is 4.79 Å². The van der Waals surface area contributed by atoms with Crippen molar-refractivity contribution in [2.24, 2.45) is 0 Å². The molecule has 2 rings (SSSR count). The summed E-state index contributed by atoms with van der Waals surface area (Å²) in [7, 11) is 0. The number of thioether (sulfide) groups is 1. The Balaban J connectivity index is 1.59. The van der Waals surface area contributed by atoms with E-state index < -0.39 is 0 Å². The van der Waals surface area contributed by atoms with E-state index in [9.17, 15) is 4.79 Å². The Kier molecular flexibility index (Phi) is 7.30. The molecule has 5 heteroatoms. The molecule has 2 aromatic rings. The molecule has 0 bridgehead atoms. The predicted octanol–water partition coefficient (Wildman–Crippen LogP) is 4.79. The maximum atomic E-state index is 11.8. The van der Waals surface area contributed by atoms with Gasteiger partial charge in [-0.25, -0.2) is 0 Å². The van der Waals surface area contributed by atoms with E-state index in [0.717, 1.165) is 22.8 Å². The number of para-hydroxylation sites is 2. The van der Waals surface area contributed by atoms with Gasteiger partial charge in [0.05, 0.1) is 17.3 Å². The van der Waals surface area contributed by atoms with E-state index >= 15 is 0 Å². The van der Waals surface area contributed by atoms with Gasteiger partial charge in [-0.05, 0) is 30.7 Å². The number of hydrogen-bond acceptors (Lipinski definition) is 3. The first-order chi connectivity index (χ1) is 11.2. The highest BCUT2D eigenvalue weighted by molar-refractivity contribution is 7.99. The molecular formula is C18H20ClNO2S. The third-order valence-electron chi connectivity index (χ3n) is 3.20. The van der Waals surface area contributed by atoms with Gasteiger partial charge >= 0.3 is 0 Å². The van der Waals surface area contributed by atoms with Crippen LogP contribution in [0.1, 0.15) is 12.0 Å². The number of aryl methyl sites for hydroxylation is 1. The van der Waals surface area contributed by atoms with Crippen LogP contribution in [0.5, 0.6) is 5.75 Å². The van der Waals surface area contributed by atoms with Crippen molar-refractivity contribution >= 4 is 35.0 Å². The van der Waals surface area contributed by atoms with Crippen LogP contribution in [0.2, 0.25) is 5.02 Å². The summed E-state index contributed by atoms with van der Waals surface area (Å²) in [6.07, 6.45) is 0.459. The Morgan fingerprint density at radius 3 is 2.65 bits per heavy atom. The quantitative estimate of drug-likeness (QED) is 0.696. The van der Waals surface area contributed by atoms with Crippen LogP contribution in [-0.4, -0.2) is 24.0 Å². The van der Waals surface area contributed by atoms with Gasteiger partial charge in [-0.15, -0.1) is 0 Å². The highest BCUT2D eigenvalue weighted by Gasteiger charge is 2.05. The van der Waals surface area contributed by atoms with Crippen molar-refractivity contribution in [3.05, 3.63) is 59.1 Å². The number of anilines is 1. The normalized spacial score (nSPS) is 10.3. The molecule has 1 N–H and O–H groups in total. The Labute approximate surface area is 146 Å². The predicted molar refractivity (Wildman–Crippen MR) is 98.7 cm³/mol. The SMILES string of the molecule is Cc1ccccc1OCCSCCC(=O)Nc1ccccc1Cl. The molecule has 0 saturated heterocycles. The molecule has 0 spiro atoms. The van der Waals surface area contributed by atoms with Crippen LogP contribution < -0.4 is 10.1 Å². The highest BCUT2D eigenvalue weighted by Crippen LogP contribution is 2.21. The molecule has 0 fully saturated rings. The number of halogens is 1. The molecule has 0 radical (unpaired) electrons. The first-order valence-electron chi connectivity index (χ1n) is 7.47. The molecule has 0 aromatic heterocycles. The van der Waals surface area contributed by atoms with Gasteiger partial charge in [0.25, 0.3) is 0 Å². The van der Waals surface area contributed by atoms with Gasteiger partial charge in [-0.1, -0.05) is 41.9 Å². The maximum Gasteiger partial charge on any atom is 0.225 e. The number of ether oxygens (including phenoxy) is 1. The average molecular weight is 350 g/mol. The zero-order valence-electron chi connectivity index (χ0n) is 13.0. The van der Waals surface area contributed by atoms with Crippen molar-refractivity contribution in [3.63, 3.8) is 0 Å². The molecule has 1 amide bonds. The summed E-state index contributed by atoms with van der Waals surface area (Å²) in [5.41, 5.74) is 1.80. The standard InChI is InChI=1S/C18H20ClNO2S/c1-14-6-2-5-9-17(14)22-11-13-23-12-10-18(21)20-16-8-4-3-7-15(16)19/h2-9H,10-13H2,1H3,(H,20,21). The molecule has 0 unspecified atom stereocenters. The van der Waals surface area contributed by atoms with E-state index in [1.807, 2.05) is 43.3 Å². The molecule has 0 aliphatic rings. The first-order valence-corrected chi connectivity index (χ1v) is 9.00. The average Bonchev–Trinajstić information content (AvgIpc) is 2.54. The molecule has 0 aliphatic heterocycles. The van der Waals surface area contributed by atoms with Crippen molar-refractivity contribution < 1.29 is 9.53 Å². The number of carbonyl (C=O) groups is 1. The second-order valence-electron chi connectivity index (χ2n) is 5.00. The van der Waals surface area contributed by atoms with E-state index in [-0.39, 0.29) is 5.91 Å². The second-order valence-corrected chi connectivity index (χ2v) is 6.64. The lowest BCUT2D eigenvalue weighted by molar-refractivity contribution is -0.115. The van der Waals surface area contributed by atoms with Crippen molar-refractivity contribution in [3.8, 4) is 5.75 Å². The van der Waals surface area contributed by atoms with Crippen LogP contribution in [-0.2, 0) is 4.79 Å². The van der Waals surface area contributed by atoms with E-state index in [4.69, 9.17) is 16.3 Å². The van der Waals surface area contributed by atoms with Gasteiger partial charge in [0.2, 0.25) is 5.91 Å². The molecule has 0 saturated carbocycles. The fourth-order valence-corrected chi connectivity index (χ4v) is 2.89. The summed E-state index contributed by atoms with van der Waals surface area (Å²) >= 11 is 7.71. The first kappa shape index (κ1) is 17.7. The molecule has 23 heavy (non-hydrogen) atoms. The zero-order valence-corrected chi connectivity index (χ0v) is 14.6. The van der Waals surface area contributed by atoms with Crippen LogP contribution in [0.4, 0.5) is 5.69 Å². The van der Waals surface area contributed by atoms with Crippen molar-refractivity contribution in [1.82, 2.24) is 0 Å². The van der Waals surface area contributed by atoms with Crippen molar-refractivity contribution in [2.45, 2.75) is 13.3 Å². The summed E-state index contributed by atoms with van der Waals surface area (Å²) < 4.78 is 5.72. The highest BCUT2D eigenvalue weighted by atomic mass is 35.5. The third-order valence-corrected chi connectivity index (χ3v) is 4.48. The fourth-order valence-electron chi connectivity index (χ4n) is 1.97. The number of carbonyl (C=O) groups excluding carboxylic acids is 1. The minimum absolute atomic E-state index is 0.0228. The maximum absolute atomic E-state index is 11.8. The minimum atomic E-state index is -0.0228. The molecule has 122 valence electrons. The number of nitrogens with one attached hydrogen (secondary N) is 1. The molecule has 0 heterocycles. The number of rotatable bonds is 8. The van der Waals surface area contributed by atoms with E-state index in [2.05, 4.69) is 5.32 Å². The largest absolute Gasteiger partial charge is 0.492 e. The van der Waals surface area contributed by atoms with E-state index in [1.54, 1.807) is 23.9 Å². The van der Waals surface area contributed by atoms with Gasteiger partial charge in [-0.2, -0.15) is 11.8 Å². The van der Waals surface area contributed by atoms with Gasteiger partial charge in [0.15, 0.2) is 0 Å². The van der Waals surface area contributed by atoms with Crippen LogP contribution >= 0.6 is 23.4 Å².